The minimum absolute atomic E-state index is 0.0467. The van der Waals surface area contributed by atoms with Crippen LogP contribution in [0.15, 0.2) is 12.1 Å². The van der Waals surface area contributed by atoms with E-state index in [1.807, 2.05) is 7.05 Å². The van der Waals surface area contributed by atoms with Gasteiger partial charge in [0.1, 0.15) is 0 Å². The lowest BCUT2D eigenvalue weighted by Gasteiger charge is -2.51. The van der Waals surface area contributed by atoms with Gasteiger partial charge in [-0.05, 0) is 51.9 Å². The molecule has 7 heteroatoms. The molecule has 0 radical (unpaired) electrons. The van der Waals surface area contributed by atoms with Crippen LogP contribution in [-0.4, -0.2) is 65.3 Å². The number of hydrogen-bond acceptors (Lipinski definition) is 5. The molecule has 0 unspecified atom stereocenters. The maximum Gasteiger partial charge on any atom is 0.311 e. The van der Waals surface area contributed by atoms with Gasteiger partial charge in [0.25, 0.3) is 5.91 Å². The summed E-state index contributed by atoms with van der Waals surface area (Å²) in [5.74, 6) is -0.902. The molecule has 3 rings (SSSR count). The molecule has 1 amide bonds. The van der Waals surface area contributed by atoms with Crippen molar-refractivity contribution in [2.24, 2.45) is 5.41 Å². The molecule has 2 atom stereocenters. The zero-order chi connectivity index (χ0) is 17.5. The van der Waals surface area contributed by atoms with E-state index in [2.05, 4.69) is 4.90 Å². The van der Waals surface area contributed by atoms with Crippen LogP contribution in [0, 0.1) is 5.41 Å². The maximum absolute atomic E-state index is 12.8. The first-order valence-electron chi connectivity index (χ1n) is 8.19. The third kappa shape index (κ3) is 2.75. The Morgan fingerprint density at radius 2 is 1.92 bits per heavy atom. The van der Waals surface area contributed by atoms with Gasteiger partial charge in [0, 0.05) is 19.1 Å². The minimum atomic E-state index is -0.749. The Morgan fingerprint density at radius 3 is 2.54 bits per heavy atom. The van der Waals surface area contributed by atoms with Crippen molar-refractivity contribution in [3.8, 4) is 0 Å². The van der Waals surface area contributed by atoms with Crippen molar-refractivity contribution in [2.75, 3.05) is 26.7 Å². The fourth-order valence-corrected chi connectivity index (χ4v) is 4.84. The molecule has 130 valence electrons. The quantitative estimate of drug-likeness (QED) is 0.843. The van der Waals surface area contributed by atoms with E-state index in [0.29, 0.717) is 35.7 Å². The first-order valence-corrected chi connectivity index (χ1v) is 9.00. The molecule has 1 N–H and O–H groups in total. The van der Waals surface area contributed by atoms with Crippen molar-refractivity contribution in [3.63, 3.8) is 0 Å². The lowest BCUT2D eigenvalue weighted by molar-refractivity contribution is -0.161. The third-order valence-corrected chi connectivity index (χ3v) is 6.58. The summed E-state index contributed by atoms with van der Waals surface area (Å²) < 4.78 is 0. The average Bonchev–Trinajstić information content (AvgIpc) is 3.04. The van der Waals surface area contributed by atoms with E-state index >= 15 is 0 Å². The SMILES string of the molecule is CC(=O)c1ccc(C(=O)N2CC[C@@]3(C(=O)O)CCCN(C)[C@@H]3C2)s1. The largest absolute Gasteiger partial charge is 0.481 e. The Kier molecular flexibility index (Phi) is 4.48. The van der Waals surface area contributed by atoms with Crippen LogP contribution in [0.25, 0.3) is 0 Å². The van der Waals surface area contributed by atoms with E-state index in [4.69, 9.17) is 0 Å². The molecule has 0 aliphatic carbocycles. The fourth-order valence-electron chi connectivity index (χ4n) is 3.97. The van der Waals surface area contributed by atoms with Crippen LogP contribution < -0.4 is 0 Å². The summed E-state index contributed by atoms with van der Waals surface area (Å²) in [6.07, 6.45) is 2.03. The van der Waals surface area contributed by atoms with Gasteiger partial charge in [0.2, 0.25) is 0 Å². The minimum Gasteiger partial charge on any atom is -0.481 e. The Balaban J connectivity index is 1.81. The number of nitrogens with zero attached hydrogens (tertiary/aromatic N) is 2. The number of hydrogen-bond donors (Lipinski definition) is 1. The molecule has 1 aromatic heterocycles. The number of carboxylic acids is 1. The topological polar surface area (TPSA) is 77.9 Å². The standard InChI is InChI=1S/C17H22N2O4S/c1-11(20)12-4-5-13(24-12)15(21)19-9-7-17(16(22)23)6-3-8-18(2)14(17)10-19/h4-5,14H,3,6-10H2,1-2H3,(H,22,23)/t14-,17+/m1/s1. The highest BCUT2D eigenvalue weighted by Gasteiger charge is 2.52. The second-order valence-corrected chi connectivity index (χ2v) is 7.87. The molecule has 0 spiro atoms. The predicted molar refractivity (Wildman–Crippen MR) is 90.6 cm³/mol. The van der Waals surface area contributed by atoms with Gasteiger partial charge < -0.3 is 14.9 Å². The van der Waals surface area contributed by atoms with Crippen molar-refractivity contribution >= 4 is 29.0 Å². The molecule has 2 aliphatic heterocycles. The highest BCUT2D eigenvalue weighted by atomic mass is 32.1. The molecule has 2 saturated heterocycles. The Bertz CT molecular complexity index is 686. The number of piperidine rings is 2. The second-order valence-electron chi connectivity index (χ2n) is 6.78. The molecule has 0 aromatic carbocycles. The summed E-state index contributed by atoms with van der Waals surface area (Å²) in [6, 6.07) is 3.21. The van der Waals surface area contributed by atoms with Gasteiger partial charge in [-0.3, -0.25) is 14.4 Å². The van der Waals surface area contributed by atoms with Crippen LogP contribution in [-0.2, 0) is 4.79 Å². The summed E-state index contributed by atoms with van der Waals surface area (Å²) in [7, 11) is 1.94. The normalized spacial score (nSPS) is 27.6. The number of Topliss-reactive ketones (excluding diaryl/α,β-unsaturated/α-hetero) is 1. The van der Waals surface area contributed by atoms with Gasteiger partial charge in [-0.2, -0.15) is 0 Å². The number of fused-ring (bicyclic) bond motifs is 1. The van der Waals surface area contributed by atoms with E-state index in [-0.39, 0.29) is 17.7 Å². The molecule has 1 aromatic rings. The summed E-state index contributed by atoms with van der Waals surface area (Å²) >= 11 is 1.21. The first kappa shape index (κ1) is 17.1. The van der Waals surface area contributed by atoms with Gasteiger partial charge in [-0.1, -0.05) is 0 Å². The highest BCUT2D eigenvalue weighted by Crippen LogP contribution is 2.42. The molecule has 6 nitrogen and oxygen atoms in total. The summed E-state index contributed by atoms with van der Waals surface area (Å²) in [6.45, 7) is 3.21. The van der Waals surface area contributed by atoms with Gasteiger partial charge >= 0.3 is 5.97 Å². The highest BCUT2D eigenvalue weighted by molar-refractivity contribution is 7.15. The van der Waals surface area contributed by atoms with Crippen molar-refractivity contribution in [1.29, 1.82) is 0 Å². The van der Waals surface area contributed by atoms with E-state index in [1.54, 1.807) is 17.0 Å². The van der Waals surface area contributed by atoms with E-state index in [1.165, 1.54) is 18.3 Å². The van der Waals surface area contributed by atoms with Crippen LogP contribution in [0.1, 0.15) is 45.5 Å². The van der Waals surface area contributed by atoms with E-state index in [0.717, 1.165) is 13.0 Å². The average molecular weight is 350 g/mol. The number of carbonyl (C=O) groups is 3. The van der Waals surface area contributed by atoms with Gasteiger partial charge in [-0.15, -0.1) is 11.3 Å². The van der Waals surface area contributed by atoms with Crippen LogP contribution in [0.5, 0.6) is 0 Å². The number of thiophene rings is 1. The fraction of sp³-hybridized carbons (Fsp3) is 0.588. The number of carbonyl (C=O) groups excluding carboxylic acids is 2. The number of likely N-dealkylation sites (tertiary alicyclic amines) is 2. The second kappa shape index (κ2) is 6.29. The molecular formula is C17H22N2O4S. The van der Waals surface area contributed by atoms with Crippen LogP contribution >= 0.6 is 11.3 Å². The predicted octanol–water partition coefficient (Wildman–Crippen LogP) is 1.96. The summed E-state index contributed by atoms with van der Waals surface area (Å²) in [5, 5.41) is 9.78. The number of ketones is 1. The number of amides is 1. The van der Waals surface area contributed by atoms with Gasteiger partial charge in [0.05, 0.1) is 15.2 Å². The molecule has 3 heterocycles. The van der Waals surface area contributed by atoms with Crippen LogP contribution in [0.3, 0.4) is 0 Å². The van der Waals surface area contributed by atoms with Crippen molar-refractivity contribution in [2.45, 2.75) is 32.2 Å². The lowest BCUT2D eigenvalue weighted by Crippen LogP contribution is -2.63. The molecular weight excluding hydrogens is 328 g/mol. The molecule has 2 aliphatic rings. The molecule has 0 saturated carbocycles. The number of carboxylic acid groups (broad SMARTS) is 1. The first-order chi connectivity index (χ1) is 11.3. The number of aliphatic carboxylic acids is 1. The smallest absolute Gasteiger partial charge is 0.311 e. The summed E-state index contributed by atoms with van der Waals surface area (Å²) in [5.41, 5.74) is -0.746. The van der Waals surface area contributed by atoms with Crippen LogP contribution in [0.4, 0.5) is 0 Å². The Hall–Kier alpha value is -1.73. The molecule has 2 fully saturated rings. The van der Waals surface area contributed by atoms with E-state index < -0.39 is 11.4 Å². The third-order valence-electron chi connectivity index (χ3n) is 5.40. The lowest BCUT2D eigenvalue weighted by atomic mass is 9.68. The summed E-state index contributed by atoms with van der Waals surface area (Å²) in [4.78, 5) is 41.0. The van der Waals surface area contributed by atoms with Crippen molar-refractivity contribution < 1.29 is 19.5 Å². The van der Waals surface area contributed by atoms with Crippen molar-refractivity contribution in [3.05, 3.63) is 21.9 Å². The van der Waals surface area contributed by atoms with Crippen molar-refractivity contribution in [1.82, 2.24) is 9.80 Å². The maximum atomic E-state index is 12.8. The van der Waals surface area contributed by atoms with Gasteiger partial charge in [0.15, 0.2) is 5.78 Å². The van der Waals surface area contributed by atoms with Crippen LogP contribution in [0.2, 0.25) is 0 Å². The van der Waals surface area contributed by atoms with Gasteiger partial charge in [-0.25, -0.2) is 0 Å². The Labute approximate surface area is 145 Å². The zero-order valence-electron chi connectivity index (χ0n) is 13.9. The monoisotopic (exact) mass is 350 g/mol. The zero-order valence-corrected chi connectivity index (χ0v) is 14.8. The number of rotatable bonds is 3. The molecule has 0 bridgehead atoms. The number of likely N-dealkylation sites (N-methyl/N-ethyl adjacent to an activating group) is 1. The molecule has 24 heavy (non-hydrogen) atoms. The van der Waals surface area contributed by atoms with E-state index in [9.17, 15) is 19.5 Å². The Morgan fingerprint density at radius 1 is 1.21 bits per heavy atom.